The van der Waals surface area contributed by atoms with E-state index in [-0.39, 0.29) is 25.0 Å². The van der Waals surface area contributed by atoms with Gasteiger partial charge < -0.3 is 10.2 Å². The molecule has 1 atom stereocenters. The van der Waals surface area contributed by atoms with Crippen molar-refractivity contribution in [3.8, 4) is 0 Å². The van der Waals surface area contributed by atoms with Crippen LogP contribution in [0, 0.1) is 0 Å². The van der Waals surface area contributed by atoms with Crippen LogP contribution in [0.15, 0.2) is 54.6 Å². The summed E-state index contributed by atoms with van der Waals surface area (Å²) in [5.74, 6) is -0.288. The summed E-state index contributed by atoms with van der Waals surface area (Å²) in [4.78, 5) is 28.5. The van der Waals surface area contributed by atoms with Crippen LogP contribution < -0.4 is 9.62 Å². The molecule has 2 aromatic carbocycles. The highest BCUT2D eigenvalue weighted by atomic mass is 32.2. The molecule has 0 radical (unpaired) electrons. The van der Waals surface area contributed by atoms with Crippen LogP contribution >= 0.6 is 0 Å². The highest BCUT2D eigenvalue weighted by Crippen LogP contribution is 2.23. The lowest BCUT2D eigenvalue weighted by Crippen LogP contribution is -2.53. The predicted octanol–water partition coefficient (Wildman–Crippen LogP) is 4.44. The highest BCUT2D eigenvalue weighted by molar-refractivity contribution is 7.92. The monoisotopic (exact) mass is 513 g/mol. The smallest absolute Gasteiger partial charge is 0.244 e. The zero-order chi connectivity index (χ0) is 26.3. The third kappa shape index (κ3) is 7.32. The Balaban J connectivity index is 1.89. The number of benzene rings is 2. The molecular formula is C28H39N3O4S. The molecule has 0 unspecified atom stereocenters. The third-order valence-electron chi connectivity index (χ3n) is 6.81. The Bertz CT molecular complexity index is 1110. The first kappa shape index (κ1) is 27.7. The number of amides is 2. The Hall–Kier alpha value is -2.87. The molecule has 1 N–H and O–H groups in total. The van der Waals surface area contributed by atoms with Crippen molar-refractivity contribution in [3.63, 3.8) is 0 Å². The first-order chi connectivity index (χ1) is 17.1. The lowest BCUT2D eigenvalue weighted by atomic mass is 10.0. The number of nitrogens with one attached hydrogen (secondary N) is 1. The molecule has 1 saturated carbocycles. The molecule has 1 aliphatic rings. The van der Waals surface area contributed by atoms with Crippen molar-refractivity contribution in [2.75, 3.05) is 17.1 Å². The molecule has 0 saturated heterocycles. The summed E-state index contributed by atoms with van der Waals surface area (Å²) in [5.41, 5.74) is 2.39. The molecule has 0 bridgehead atoms. The van der Waals surface area contributed by atoms with Crippen molar-refractivity contribution >= 4 is 27.5 Å². The van der Waals surface area contributed by atoms with E-state index in [4.69, 9.17) is 0 Å². The summed E-state index contributed by atoms with van der Waals surface area (Å²) in [5, 5.41) is 3.12. The van der Waals surface area contributed by atoms with Gasteiger partial charge >= 0.3 is 0 Å². The number of carbonyl (C=O) groups is 2. The molecule has 196 valence electrons. The molecule has 1 fully saturated rings. The third-order valence-corrected chi connectivity index (χ3v) is 7.95. The van der Waals surface area contributed by atoms with E-state index in [1.165, 1.54) is 4.90 Å². The number of anilines is 1. The van der Waals surface area contributed by atoms with Crippen LogP contribution in [0.2, 0.25) is 0 Å². The molecular weight excluding hydrogens is 474 g/mol. The van der Waals surface area contributed by atoms with E-state index in [1.54, 1.807) is 12.1 Å². The van der Waals surface area contributed by atoms with E-state index in [2.05, 4.69) is 19.2 Å². The molecule has 1 aliphatic carbocycles. The zero-order valence-electron chi connectivity index (χ0n) is 21.8. The number of hydrogen-bond donors (Lipinski definition) is 1. The maximum Gasteiger partial charge on any atom is 0.244 e. The van der Waals surface area contributed by atoms with Crippen molar-refractivity contribution in [3.05, 3.63) is 65.7 Å². The molecule has 7 nitrogen and oxygen atoms in total. The Morgan fingerprint density at radius 1 is 1.00 bits per heavy atom. The lowest BCUT2D eigenvalue weighted by Gasteiger charge is -2.33. The van der Waals surface area contributed by atoms with Gasteiger partial charge in [-0.05, 0) is 48.4 Å². The summed E-state index contributed by atoms with van der Waals surface area (Å²) in [6.07, 6.45) is 5.61. The first-order valence-electron chi connectivity index (χ1n) is 12.8. The van der Waals surface area contributed by atoms with Crippen molar-refractivity contribution in [2.24, 2.45) is 0 Å². The van der Waals surface area contributed by atoms with Crippen LogP contribution in [0.1, 0.15) is 69.9 Å². The molecule has 0 aromatic heterocycles. The average Bonchev–Trinajstić information content (AvgIpc) is 3.35. The normalized spacial score (nSPS) is 15.0. The van der Waals surface area contributed by atoms with Crippen molar-refractivity contribution < 1.29 is 18.0 Å². The van der Waals surface area contributed by atoms with Gasteiger partial charge in [0.1, 0.15) is 12.6 Å². The zero-order valence-corrected chi connectivity index (χ0v) is 22.6. The van der Waals surface area contributed by atoms with Crippen LogP contribution in [0.5, 0.6) is 0 Å². The van der Waals surface area contributed by atoms with Gasteiger partial charge in [0.25, 0.3) is 0 Å². The van der Waals surface area contributed by atoms with Gasteiger partial charge in [-0.1, -0.05) is 76.1 Å². The fourth-order valence-electron chi connectivity index (χ4n) is 4.71. The Morgan fingerprint density at radius 3 is 2.14 bits per heavy atom. The quantitative estimate of drug-likeness (QED) is 0.481. The number of carbonyl (C=O) groups excluding carboxylic acids is 2. The Labute approximate surface area is 215 Å². The van der Waals surface area contributed by atoms with Gasteiger partial charge in [-0.25, -0.2) is 8.42 Å². The second kappa shape index (κ2) is 12.4. The van der Waals surface area contributed by atoms with E-state index >= 15 is 0 Å². The molecule has 0 spiro atoms. The fourth-order valence-corrected chi connectivity index (χ4v) is 5.56. The van der Waals surface area contributed by atoms with Gasteiger partial charge in [-0.3, -0.25) is 13.9 Å². The van der Waals surface area contributed by atoms with E-state index in [1.807, 2.05) is 49.4 Å². The summed E-state index contributed by atoms with van der Waals surface area (Å²) < 4.78 is 26.6. The van der Waals surface area contributed by atoms with Gasteiger partial charge in [0.15, 0.2) is 0 Å². The van der Waals surface area contributed by atoms with Gasteiger partial charge in [0.2, 0.25) is 21.8 Å². The molecule has 3 rings (SSSR count). The van der Waals surface area contributed by atoms with Crippen LogP contribution in [-0.2, 0) is 26.2 Å². The number of sulfonamides is 1. The van der Waals surface area contributed by atoms with E-state index in [0.717, 1.165) is 47.4 Å². The maximum atomic E-state index is 13.7. The summed E-state index contributed by atoms with van der Waals surface area (Å²) >= 11 is 0. The molecule has 0 heterocycles. The Morgan fingerprint density at radius 2 is 1.61 bits per heavy atom. The minimum atomic E-state index is -3.74. The minimum absolute atomic E-state index is 0.132. The van der Waals surface area contributed by atoms with Crippen LogP contribution in [-0.4, -0.2) is 50.0 Å². The highest BCUT2D eigenvalue weighted by Gasteiger charge is 2.33. The van der Waals surface area contributed by atoms with Gasteiger partial charge in [-0.2, -0.15) is 0 Å². The number of hydrogen-bond acceptors (Lipinski definition) is 4. The molecule has 2 aromatic rings. The number of nitrogens with zero attached hydrogens (tertiary/aromatic N) is 2. The van der Waals surface area contributed by atoms with E-state index in [0.29, 0.717) is 18.0 Å². The average molecular weight is 514 g/mol. The second-order valence-electron chi connectivity index (χ2n) is 9.94. The van der Waals surface area contributed by atoms with Crippen molar-refractivity contribution in [2.45, 2.75) is 77.4 Å². The SMILES string of the molecule is CC[C@@H](C(=O)NC1CCCC1)N(Cc1ccccc1)C(=O)CN(c1ccc(C(C)C)cc1)S(C)(=O)=O. The van der Waals surface area contributed by atoms with Gasteiger partial charge in [-0.15, -0.1) is 0 Å². The Kier molecular flexibility index (Phi) is 9.54. The second-order valence-corrected chi connectivity index (χ2v) is 11.8. The molecule has 2 amide bonds. The summed E-state index contributed by atoms with van der Waals surface area (Å²) in [6.45, 7) is 5.86. The fraction of sp³-hybridized carbons (Fsp3) is 0.500. The summed E-state index contributed by atoms with van der Waals surface area (Å²) in [6, 6.07) is 16.1. The number of rotatable bonds is 11. The van der Waals surface area contributed by atoms with Crippen LogP contribution in [0.3, 0.4) is 0 Å². The topological polar surface area (TPSA) is 86.8 Å². The summed E-state index contributed by atoms with van der Waals surface area (Å²) in [7, 11) is -3.74. The van der Waals surface area contributed by atoms with Crippen molar-refractivity contribution in [1.29, 1.82) is 0 Å². The largest absolute Gasteiger partial charge is 0.352 e. The first-order valence-corrected chi connectivity index (χ1v) is 14.7. The maximum absolute atomic E-state index is 13.7. The van der Waals surface area contributed by atoms with E-state index < -0.39 is 22.0 Å². The predicted molar refractivity (Wildman–Crippen MR) is 144 cm³/mol. The standard InChI is InChI=1S/C28H39N3O4S/c1-5-26(28(33)29-24-13-9-10-14-24)30(19-22-11-7-6-8-12-22)27(32)20-31(36(4,34)35)25-17-15-23(16-18-25)21(2)3/h6-8,11-12,15-18,21,24,26H,5,9-10,13-14,19-20H2,1-4H3,(H,29,33)/t26-/m0/s1. The minimum Gasteiger partial charge on any atom is -0.352 e. The molecule has 36 heavy (non-hydrogen) atoms. The van der Waals surface area contributed by atoms with Crippen LogP contribution in [0.4, 0.5) is 5.69 Å². The molecule has 8 heteroatoms. The van der Waals surface area contributed by atoms with Crippen LogP contribution in [0.25, 0.3) is 0 Å². The lowest BCUT2D eigenvalue weighted by molar-refractivity contribution is -0.140. The van der Waals surface area contributed by atoms with Crippen molar-refractivity contribution in [1.82, 2.24) is 10.2 Å². The van der Waals surface area contributed by atoms with Gasteiger partial charge in [0.05, 0.1) is 11.9 Å². The molecule has 0 aliphatic heterocycles. The van der Waals surface area contributed by atoms with E-state index in [9.17, 15) is 18.0 Å². The van der Waals surface area contributed by atoms with Gasteiger partial charge in [0, 0.05) is 12.6 Å².